The maximum Gasteiger partial charge on any atom is 0.106 e. The van der Waals surface area contributed by atoms with E-state index in [1.165, 1.54) is 25.7 Å². The van der Waals surface area contributed by atoms with Gasteiger partial charge in [-0.3, -0.25) is 4.57 Å². The normalized spacial score (nSPS) is 9.31. The van der Waals surface area contributed by atoms with Crippen molar-refractivity contribution in [3.8, 4) is 12.0 Å². The van der Waals surface area contributed by atoms with E-state index < -0.39 is 0 Å². The van der Waals surface area contributed by atoms with Crippen molar-refractivity contribution < 1.29 is 0 Å². The second kappa shape index (κ2) is 6.30. The predicted octanol–water partition coefficient (Wildman–Crippen LogP) is 2.66. The molecule has 0 spiro atoms. The van der Waals surface area contributed by atoms with Crippen LogP contribution in [0.5, 0.6) is 0 Å². The van der Waals surface area contributed by atoms with Crippen molar-refractivity contribution in [1.29, 1.82) is 0 Å². The van der Waals surface area contributed by atoms with Crippen LogP contribution in [0.25, 0.3) is 0 Å². The average Bonchev–Trinajstić information content (AvgIpc) is 2.63. The topological polar surface area (TPSA) is 17.8 Å². The zero-order chi connectivity index (χ0) is 9.36. The van der Waals surface area contributed by atoms with Crippen LogP contribution in [-0.4, -0.2) is 9.55 Å². The largest absolute Gasteiger partial charge is 0.265 e. The Morgan fingerprint density at radius 3 is 2.92 bits per heavy atom. The molecule has 0 fully saturated rings. The van der Waals surface area contributed by atoms with Crippen LogP contribution in [0, 0.1) is 12.0 Å². The van der Waals surface area contributed by atoms with Crippen molar-refractivity contribution in [3.63, 3.8) is 0 Å². The third-order valence-corrected chi connectivity index (χ3v) is 1.87. The molecule has 2 heteroatoms. The Morgan fingerprint density at radius 1 is 1.31 bits per heavy atom. The van der Waals surface area contributed by atoms with E-state index in [2.05, 4.69) is 23.9 Å². The van der Waals surface area contributed by atoms with Gasteiger partial charge in [-0.1, -0.05) is 32.1 Å². The first-order chi connectivity index (χ1) is 6.43. The third-order valence-electron chi connectivity index (χ3n) is 1.87. The van der Waals surface area contributed by atoms with E-state index in [9.17, 15) is 0 Å². The molecule has 0 aromatic carbocycles. The van der Waals surface area contributed by atoms with Gasteiger partial charge in [-0.2, -0.15) is 0 Å². The predicted molar refractivity (Wildman–Crippen MR) is 54.2 cm³/mol. The van der Waals surface area contributed by atoms with Crippen LogP contribution in [0.4, 0.5) is 0 Å². The molecular weight excluding hydrogens is 160 g/mol. The van der Waals surface area contributed by atoms with E-state index in [1.807, 2.05) is 6.20 Å². The average molecular weight is 176 g/mol. The fourth-order valence-corrected chi connectivity index (χ4v) is 1.11. The minimum atomic E-state index is 0.998. The summed E-state index contributed by atoms with van der Waals surface area (Å²) in [4.78, 5) is 3.91. The van der Waals surface area contributed by atoms with Gasteiger partial charge in [0.05, 0.1) is 0 Å². The summed E-state index contributed by atoms with van der Waals surface area (Å²) in [5.41, 5.74) is 0. The molecule has 0 saturated heterocycles. The highest BCUT2D eigenvalue weighted by atomic mass is 15.0. The SMILES string of the molecule is CCCCCCC#Cn1ccnc1. The Kier molecular flexibility index (Phi) is 4.78. The van der Waals surface area contributed by atoms with E-state index in [1.54, 1.807) is 17.1 Å². The molecule has 70 valence electrons. The molecule has 0 saturated carbocycles. The molecular formula is C11H16N2. The number of imidazole rings is 1. The van der Waals surface area contributed by atoms with Crippen molar-refractivity contribution >= 4 is 0 Å². The lowest BCUT2D eigenvalue weighted by atomic mass is 10.2. The van der Waals surface area contributed by atoms with Crippen LogP contribution in [0.2, 0.25) is 0 Å². The Hall–Kier alpha value is -1.23. The van der Waals surface area contributed by atoms with Gasteiger partial charge in [0.25, 0.3) is 0 Å². The first kappa shape index (κ1) is 9.85. The molecule has 0 aliphatic heterocycles. The van der Waals surface area contributed by atoms with Crippen molar-refractivity contribution in [2.45, 2.75) is 39.0 Å². The van der Waals surface area contributed by atoms with E-state index in [0.717, 1.165) is 6.42 Å². The summed E-state index contributed by atoms with van der Waals surface area (Å²) < 4.78 is 1.79. The summed E-state index contributed by atoms with van der Waals surface area (Å²) in [6.07, 6.45) is 11.5. The zero-order valence-electron chi connectivity index (χ0n) is 8.16. The molecule has 1 heterocycles. The molecule has 1 aromatic heterocycles. The van der Waals surface area contributed by atoms with Crippen LogP contribution in [0.15, 0.2) is 18.7 Å². The van der Waals surface area contributed by atoms with Gasteiger partial charge in [0.1, 0.15) is 6.33 Å². The lowest BCUT2D eigenvalue weighted by Crippen LogP contribution is -1.81. The second-order valence-electron chi connectivity index (χ2n) is 3.07. The van der Waals surface area contributed by atoms with Crippen molar-refractivity contribution in [3.05, 3.63) is 18.7 Å². The van der Waals surface area contributed by atoms with Crippen molar-refractivity contribution in [2.75, 3.05) is 0 Å². The van der Waals surface area contributed by atoms with Gasteiger partial charge in [0, 0.05) is 24.9 Å². The third kappa shape index (κ3) is 4.37. The summed E-state index contributed by atoms with van der Waals surface area (Å²) >= 11 is 0. The molecule has 0 bridgehead atoms. The van der Waals surface area contributed by atoms with Gasteiger partial charge in [0.15, 0.2) is 0 Å². The van der Waals surface area contributed by atoms with Crippen molar-refractivity contribution in [2.24, 2.45) is 0 Å². The number of unbranched alkanes of at least 4 members (excludes halogenated alkanes) is 4. The van der Waals surface area contributed by atoms with E-state index in [4.69, 9.17) is 0 Å². The molecule has 0 atom stereocenters. The Labute approximate surface area is 80.0 Å². The van der Waals surface area contributed by atoms with Gasteiger partial charge in [-0.15, -0.1) is 0 Å². The van der Waals surface area contributed by atoms with E-state index in [-0.39, 0.29) is 0 Å². The maximum atomic E-state index is 3.91. The molecule has 0 unspecified atom stereocenters. The highest BCUT2D eigenvalue weighted by molar-refractivity contribution is 5.02. The molecule has 0 amide bonds. The Balaban J connectivity index is 2.11. The Morgan fingerprint density at radius 2 is 2.23 bits per heavy atom. The first-order valence-electron chi connectivity index (χ1n) is 4.90. The number of nitrogens with zero attached hydrogens (tertiary/aromatic N) is 2. The van der Waals surface area contributed by atoms with Crippen LogP contribution in [-0.2, 0) is 0 Å². The van der Waals surface area contributed by atoms with Gasteiger partial charge >= 0.3 is 0 Å². The quantitative estimate of drug-likeness (QED) is 0.509. The van der Waals surface area contributed by atoms with Crippen LogP contribution >= 0.6 is 0 Å². The molecule has 13 heavy (non-hydrogen) atoms. The van der Waals surface area contributed by atoms with E-state index in [0.29, 0.717) is 0 Å². The van der Waals surface area contributed by atoms with Crippen LogP contribution in [0.3, 0.4) is 0 Å². The summed E-state index contributed by atoms with van der Waals surface area (Å²) in [6.45, 7) is 2.22. The molecule has 0 aliphatic carbocycles. The fourth-order valence-electron chi connectivity index (χ4n) is 1.11. The molecule has 0 N–H and O–H groups in total. The second-order valence-corrected chi connectivity index (χ2v) is 3.07. The smallest absolute Gasteiger partial charge is 0.106 e. The van der Waals surface area contributed by atoms with Crippen LogP contribution in [0.1, 0.15) is 39.0 Å². The molecule has 0 radical (unpaired) electrons. The molecule has 1 rings (SSSR count). The zero-order valence-corrected chi connectivity index (χ0v) is 8.16. The summed E-state index contributed by atoms with van der Waals surface area (Å²) in [5.74, 6) is 3.12. The minimum Gasteiger partial charge on any atom is -0.265 e. The van der Waals surface area contributed by atoms with Crippen LogP contribution < -0.4 is 0 Å². The monoisotopic (exact) mass is 176 g/mol. The number of aromatic nitrogens is 2. The van der Waals surface area contributed by atoms with E-state index >= 15 is 0 Å². The van der Waals surface area contributed by atoms with Crippen molar-refractivity contribution in [1.82, 2.24) is 9.55 Å². The maximum absolute atomic E-state index is 3.91. The lowest BCUT2D eigenvalue weighted by Gasteiger charge is -1.91. The van der Waals surface area contributed by atoms with Gasteiger partial charge < -0.3 is 0 Å². The van der Waals surface area contributed by atoms with Gasteiger partial charge in [0.2, 0.25) is 0 Å². The standard InChI is InChI=1S/C11H16N2/c1-2-3-4-5-6-7-9-13-10-8-12-11-13/h8,10-11H,2-6H2,1H3. The summed E-state index contributed by atoms with van der Waals surface area (Å²) in [6, 6.07) is 3.01. The summed E-state index contributed by atoms with van der Waals surface area (Å²) in [7, 11) is 0. The van der Waals surface area contributed by atoms with Gasteiger partial charge in [-0.05, 0) is 6.42 Å². The number of hydrogen-bond acceptors (Lipinski definition) is 1. The first-order valence-corrected chi connectivity index (χ1v) is 4.90. The lowest BCUT2D eigenvalue weighted by molar-refractivity contribution is 0.679. The minimum absolute atomic E-state index is 0.998. The Bertz CT molecular complexity index is 264. The highest BCUT2D eigenvalue weighted by Crippen LogP contribution is 2.00. The fraction of sp³-hybridized carbons (Fsp3) is 0.545. The molecule has 1 aromatic rings. The summed E-state index contributed by atoms with van der Waals surface area (Å²) in [5, 5.41) is 0. The van der Waals surface area contributed by atoms with Gasteiger partial charge in [-0.25, -0.2) is 4.98 Å². The molecule has 0 aliphatic rings. The number of hydrogen-bond donors (Lipinski definition) is 0. The number of rotatable bonds is 4. The highest BCUT2D eigenvalue weighted by Gasteiger charge is 1.84. The molecule has 2 nitrogen and oxygen atoms in total.